The average molecular weight is 486 g/mol. The Balaban J connectivity index is 1.40. The largest absolute Gasteiger partial charge is 0.457 e. The number of nitrogens with one attached hydrogen (secondary N) is 1. The quantitative estimate of drug-likeness (QED) is 0.379. The summed E-state index contributed by atoms with van der Waals surface area (Å²) in [5, 5.41) is 2.70. The molecule has 182 valence electrons. The number of hydrogen-bond acceptors (Lipinski definition) is 4. The molecule has 1 N–H and O–H groups in total. The van der Waals surface area contributed by atoms with E-state index in [2.05, 4.69) is 10.3 Å². The molecular formula is C26H22F4N2O3. The minimum atomic E-state index is -3.17. The first-order valence-corrected chi connectivity index (χ1v) is 11.0. The monoisotopic (exact) mass is 486 g/mol. The highest BCUT2D eigenvalue weighted by Gasteiger charge is 2.30. The van der Waals surface area contributed by atoms with Gasteiger partial charge in [0.2, 0.25) is 5.91 Å². The fourth-order valence-electron chi connectivity index (χ4n) is 3.46. The third kappa shape index (κ3) is 6.44. The molecule has 0 bridgehead atoms. The lowest BCUT2D eigenvalue weighted by Gasteiger charge is -2.13. The molecule has 1 aromatic heterocycles. The summed E-state index contributed by atoms with van der Waals surface area (Å²) in [5.74, 6) is -4.47. The highest BCUT2D eigenvalue weighted by molar-refractivity contribution is 5.93. The number of ether oxygens (including phenoxy) is 1. The number of ketones is 1. The molecule has 0 atom stereocenters. The number of anilines is 1. The number of alkyl halides is 2. The van der Waals surface area contributed by atoms with Crippen LogP contribution in [0.4, 0.5) is 23.4 Å². The third-order valence-corrected chi connectivity index (χ3v) is 5.52. The normalized spacial score (nSPS) is 13.4. The van der Waals surface area contributed by atoms with Gasteiger partial charge >= 0.3 is 0 Å². The molecule has 9 heteroatoms. The molecule has 2 aromatic carbocycles. The van der Waals surface area contributed by atoms with Crippen LogP contribution in [0.2, 0.25) is 0 Å². The van der Waals surface area contributed by atoms with Gasteiger partial charge in [0, 0.05) is 49.6 Å². The molecule has 1 aliphatic carbocycles. The van der Waals surface area contributed by atoms with Gasteiger partial charge in [0.05, 0.1) is 0 Å². The number of benzene rings is 2. The van der Waals surface area contributed by atoms with Gasteiger partial charge < -0.3 is 10.1 Å². The van der Waals surface area contributed by atoms with E-state index >= 15 is 0 Å². The van der Waals surface area contributed by atoms with Crippen molar-refractivity contribution in [1.29, 1.82) is 0 Å². The summed E-state index contributed by atoms with van der Waals surface area (Å²) in [5.41, 5.74) is -0.510. The number of pyridine rings is 1. The van der Waals surface area contributed by atoms with Gasteiger partial charge in [-0.2, -0.15) is 0 Å². The Morgan fingerprint density at radius 1 is 0.971 bits per heavy atom. The third-order valence-electron chi connectivity index (χ3n) is 5.52. The van der Waals surface area contributed by atoms with Crippen molar-refractivity contribution in [3.8, 4) is 11.5 Å². The van der Waals surface area contributed by atoms with Crippen molar-refractivity contribution in [3.63, 3.8) is 0 Å². The first kappa shape index (κ1) is 24.4. The smallest absolute Gasteiger partial charge is 0.270 e. The molecule has 1 fully saturated rings. The topological polar surface area (TPSA) is 68.3 Å². The minimum Gasteiger partial charge on any atom is -0.457 e. The van der Waals surface area contributed by atoms with Crippen LogP contribution < -0.4 is 10.1 Å². The predicted molar refractivity (Wildman–Crippen MR) is 120 cm³/mol. The van der Waals surface area contributed by atoms with Crippen molar-refractivity contribution < 1.29 is 31.9 Å². The summed E-state index contributed by atoms with van der Waals surface area (Å²) in [6.07, 6.45) is 2.37. The molecule has 35 heavy (non-hydrogen) atoms. The van der Waals surface area contributed by atoms with Crippen molar-refractivity contribution in [3.05, 3.63) is 83.1 Å². The molecule has 4 rings (SSSR count). The summed E-state index contributed by atoms with van der Waals surface area (Å²) in [7, 11) is 0. The molecule has 0 radical (unpaired) electrons. The number of aromatic nitrogens is 1. The van der Waals surface area contributed by atoms with E-state index in [1.807, 2.05) is 0 Å². The van der Waals surface area contributed by atoms with Gasteiger partial charge in [-0.05, 0) is 48.2 Å². The van der Waals surface area contributed by atoms with Gasteiger partial charge in [-0.25, -0.2) is 22.5 Å². The Labute approximate surface area is 199 Å². The van der Waals surface area contributed by atoms with E-state index in [1.54, 1.807) is 6.07 Å². The van der Waals surface area contributed by atoms with Crippen LogP contribution in [0.1, 0.15) is 36.5 Å². The lowest BCUT2D eigenvalue weighted by atomic mass is 9.99. The molecule has 1 amide bonds. The summed E-state index contributed by atoms with van der Waals surface area (Å²) < 4.78 is 61.3. The minimum absolute atomic E-state index is 0.0127. The molecule has 0 aliphatic heterocycles. The van der Waals surface area contributed by atoms with Crippen LogP contribution in [0.3, 0.4) is 0 Å². The fraction of sp³-hybridized carbons (Fsp3) is 0.269. The number of halogens is 4. The van der Waals surface area contributed by atoms with Crippen molar-refractivity contribution in [1.82, 2.24) is 4.98 Å². The zero-order valence-electron chi connectivity index (χ0n) is 18.8. The molecule has 3 aromatic rings. The lowest BCUT2D eigenvalue weighted by molar-refractivity contribution is -0.118. The average Bonchev–Trinajstić information content (AvgIpc) is 3.62. The van der Waals surface area contributed by atoms with Crippen molar-refractivity contribution in [2.75, 3.05) is 5.32 Å². The van der Waals surface area contributed by atoms with E-state index in [4.69, 9.17) is 4.74 Å². The highest BCUT2D eigenvalue weighted by atomic mass is 19.3. The van der Waals surface area contributed by atoms with Crippen LogP contribution in [0.15, 0.2) is 54.7 Å². The van der Waals surface area contributed by atoms with E-state index in [0.29, 0.717) is 18.5 Å². The molecular weight excluding hydrogens is 464 g/mol. The zero-order chi connectivity index (χ0) is 25.2. The Kier molecular flexibility index (Phi) is 6.86. The molecule has 0 spiro atoms. The van der Waals surface area contributed by atoms with E-state index in [1.165, 1.54) is 24.4 Å². The Morgan fingerprint density at radius 3 is 2.37 bits per heavy atom. The number of carbonyl (C=O) groups excluding carboxylic acids is 2. The number of carbonyl (C=O) groups is 2. The first-order chi connectivity index (χ1) is 16.6. The summed E-state index contributed by atoms with van der Waals surface area (Å²) >= 11 is 0. The maximum Gasteiger partial charge on any atom is 0.270 e. The standard InChI is InChI=1S/C26H22F4N2O3/c1-26(29,30)18-5-7-22(27)17(10-18)12-19(33)11-16-4-6-20(13-23(16)28)35-21-8-9-31-24(14-21)32-25(34)15-2-3-15/h4-10,13-15H,2-3,11-12H2,1H3,(H,31,32,34). The van der Waals surface area contributed by atoms with E-state index < -0.39 is 35.3 Å². The van der Waals surface area contributed by atoms with Crippen LogP contribution in [-0.4, -0.2) is 16.7 Å². The second-order valence-electron chi connectivity index (χ2n) is 8.58. The fourth-order valence-corrected chi connectivity index (χ4v) is 3.46. The van der Waals surface area contributed by atoms with E-state index in [9.17, 15) is 27.2 Å². The second kappa shape index (κ2) is 9.85. The summed E-state index contributed by atoms with van der Waals surface area (Å²) in [6, 6.07) is 9.81. The number of Topliss-reactive ketones (excluding diaryl/α,β-unsaturated/α-hetero) is 1. The SMILES string of the molecule is CC(F)(F)c1ccc(F)c(CC(=O)Cc2ccc(Oc3ccnc(NC(=O)C4CC4)c3)cc2F)c1. The second-order valence-corrected chi connectivity index (χ2v) is 8.58. The Morgan fingerprint density at radius 2 is 1.69 bits per heavy atom. The van der Waals surface area contributed by atoms with E-state index in [-0.39, 0.29) is 35.1 Å². The Hall–Kier alpha value is -3.75. The van der Waals surface area contributed by atoms with Gasteiger partial charge in [-0.3, -0.25) is 9.59 Å². The maximum absolute atomic E-state index is 14.6. The lowest BCUT2D eigenvalue weighted by Crippen LogP contribution is -2.14. The predicted octanol–water partition coefficient (Wildman–Crippen LogP) is 5.97. The van der Waals surface area contributed by atoms with Crippen LogP contribution in [0.25, 0.3) is 0 Å². The van der Waals surface area contributed by atoms with Gasteiger partial charge in [0.15, 0.2) is 0 Å². The number of nitrogens with zero attached hydrogens (tertiary/aromatic N) is 1. The number of amides is 1. The van der Waals surface area contributed by atoms with Gasteiger partial charge in [0.1, 0.15) is 34.7 Å². The van der Waals surface area contributed by atoms with E-state index in [0.717, 1.165) is 37.1 Å². The highest BCUT2D eigenvalue weighted by Crippen LogP contribution is 2.31. The van der Waals surface area contributed by atoms with Crippen LogP contribution >= 0.6 is 0 Å². The zero-order valence-corrected chi connectivity index (χ0v) is 18.8. The van der Waals surface area contributed by atoms with Crippen LogP contribution in [-0.2, 0) is 28.4 Å². The first-order valence-electron chi connectivity index (χ1n) is 11.0. The molecule has 1 heterocycles. The van der Waals surface area contributed by atoms with Crippen molar-refractivity contribution >= 4 is 17.5 Å². The number of hydrogen-bond donors (Lipinski definition) is 1. The maximum atomic E-state index is 14.6. The molecule has 0 unspecified atom stereocenters. The Bertz CT molecular complexity index is 1270. The summed E-state index contributed by atoms with van der Waals surface area (Å²) in [6.45, 7) is 0.682. The molecule has 5 nitrogen and oxygen atoms in total. The molecule has 0 saturated heterocycles. The molecule has 1 aliphatic rings. The van der Waals surface area contributed by atoms with Crippen LogP contribution in [0.5, 0.6) is 11.5 Å². The van der Waals surface area contributed by atoms with Gasteiger partial charge in [0.25, 0.3) is 5.92 Å². The molecule has 1 saturated carbocycles. The van der Waals surface area contributed by atoms with Gasteiger partial charge in [-0.1, -0.05) is 12.1 Å². The van der Waals surface area contributed by atoms with Crippen molar-refractivity contribution in [2.24, 2.45) is 5.92 Å². The van der Waals surface area contributed by atoms with Gasteiger partial charge in [-0.15, -0.1) is 0 Å². The summed E-state index contributed by atoms with van der Waals surface area (Å²) in [4.78, 5) is 28.4. The van der Waals surface area contributed by atoms with Crippen LogP contribution in [0, 0.1) is 17.6 Å². The number of rotatable bonds is 9. The van der Waals surface area contributed by atoms with Crippen molar-refractivity contribution in [2.45, 2.75) is 38.5 Å².